The van der Waals surface area contributed by atoms with E-state index in [1.54, 1.807) is 27.7 Å². The first-order valence-electron chi connectivity index (χ1n) is 11.9. The highest BCUT2D eigenvalue weighted by atomic mass is 16.6. The number of carbonyl (C=O) groups excluding carboxylic acids is 3. The van der Waals surface area contributed by atoms with Gasteiger partial charge in [0, 0.05) is 6.04 Å². The lowest BCUT2D eigenvalue weighted by molar-refractivity contribution is -0.164. The van der Waals surface area contributed by atoms with E-state index in [0.717, 1.165) is 12.8 Å². The van der Waals surface area contributed by atoms with Crippen molar-refractivity contribution in [1.29, 1.82) is 0 Å². The highest BCUT2D eigenvalue weighted by Gasteiger charge is 2.46. The molecule has 1 atom stereocenters. The third kappa shape index (κ3) is 7.48. The molecule has 8 heteroatoms. The molecule has 2 fully saturated rings. The summed E-state index contributed by atoms with van der Waals surface area (Å²) in [6, 6.07) is -0.0231. The Balaban J connectivity index is 2.04. The average Bonchev–Trinajstić information content (AvgIpc) is 3.16. The van der Waals surface area contributed by atoms with Crippen molar-refractivity contribution in [2.45, 2.75) is 104 Å². The fraction of sp³-hybridized carbons (Fsp3) is 0.833. The molecule has 2 aliphatic rings. The first kappa shape index (κ1) is 26.1. The second kappa shape index (κ2) is 11.1. The van der Waals surface area contributed by atoms with Crippen molar-refractivity contribution in [2.24, 2.45) is 17.3 Å². The van der Waals surface area contributed by atoms with Gasteiger partial charge >= 0.3 is 17.9 Å². The Labute approximate surface area is 190 Å². The van der Waals surface area contributed by atoms with E-state index in [9.17, 15) is 24.3 Å². The maximum atomic E-state index is 13.4. The number of hydrogen-bond acceptors (Lipinski definition) is 6. The van der Waals surface area contributed by atoms with E-state index in [2.05, 4.69) is 5.32 Å². The van der Waals surface area contributed by atoms with Crippen molar-refractivity contribution in [2.75, 3.05) is 6.61 Å². The summed E-state index contributed by atoms with van der Waals surface area (Å²) in [4.78, 5) is 49.5. The highest BCUT2D eigenvalue weighted by molar-refractivity contribution is 5.85. The number of amides is 1. The van der Waals surface area contributed by atoms with Gasteiger partial charge in [0.05, 0.1) is 30.3 Å². The summed E-state index contributed by atoms with van der Waals surface area (Å²) >= 11 is 0. The number of carboxylic acids is 1. The van der Waals surface area contributed by atoms with Crippen LogP contribution >= 0.6 is 0 Å². The predicted octanol–water partition coefficient (Wildman–Crippen LogP) is 3.61. The Morgan fingerprint density at radius 3 is 2.16 bits per heavy atom. The maximum Gasteiger partial charge on any atom is 0.310 e. The van der Waals surface area contributed by atoms with Gasteiger partial charge in [-0.1, -0.05) is 12.8 Å². The summed E-state index contributed by atoms with van der Waals surface area (Å²) in [6.45, 7) is 7.39. The molecule has 0 aromatic heterocycles. The summed E-state index contributed by atoms with van der Waals surface area (Å²) < 4.78 is 10.6. The van der Waals surface area contributed by atoms with Gasteiger partial charge < -0.3 is 19.9 Å². The number of aliphatic carboxylic acids is 1. The van der Waals surface area contributed by atoms with Crippen molar-refractivity contribution >= 4 is 23.8 Å². The fourth-order valence-electron chi connectivity index (χ4n) is 4.95. The van der Waals surface area contributed by atoms with Gasteiger partial charge in [0.25, 0.3) is 0 Å². The Kier molecular flexibility index (Phi) is 9.10. The first-order chi connectivity index (χ1) is 15.0. The summed E-state index contributed by atoms with van der Waals surface area (Å²) in [5.74, 6) is -2.89. The van der Waals surface area contributed by atoms with Gasteiger partial charge in [-0.05, 0) is 72.6 Å². The van der Waals surface area contributed by atoms with Crippen LogP contribution in [0, 0.1) is 17.3 Å². The second-order valence-electron chi connectivity index (χ2n) is 10.3. The van der Waals surface area contributed by atoms with Crippen LogP contribution in [0.2, 0.25) is 0 Å². The van der Waals surface area contributed by atoms with E-state index in [1.807, 2.05) is 0 Å². The van der Waals surface area contributed by atoms with Crippen molar-refractivity contribution in [3.8, 4) is 0 Å². The van der Waals surface area contributed by atoms with Gasteiger partial charge in [-0.25, -0.2) is 0 Å². The van der Waals surface area contributed by atoms with E-state index in [0.29, 0.717) is 45.1 Å². The number of esters is 2. The molecule has 2 N–H and O–H groups in total. The normalized spacial score (nSPS) is 23.8. The SMILES string of the molecule is CCOC(=O)C1CCC(NC(=O)C2(CC(CC(=O)O)C(=O)OC(C)(C)C)CCCC2)CC1. The zero-order chi connectivity index (χ0) is 23.9. The smallest absolute Gasteiger partial charge is 0.310 e. The quantitative estimate of drug-likeness (QED) is 0.512. The molecule has 32 heavy (non-hydrogen) atoms. The van der Waals surface area contributed by atoms with E-state index in [4.69, 9.17) is 9.47 Å². The molecule has 8 nitrogen and oxygen atoms in total. The van der Waals surface area contributed by atoms with Crippen molar-refractivity contribution in [3.63, 3.8) is 0 Å². The number of carboxylic acid groups (broad SMARTS) is 1. The highest BCUT2D eigenvalue weighted by Crippen LogP contribution is 2.45. The molecule has 1 amide bonds. The largest absolute Gasteiger partial charge is 0.481 e. The third-order valence-corrected chi connectivity index (χ3v) is 6.52. The van der Waals surface area contributed by atoms with Gasteiger partial charge in [-0.15, -0.1) is 0 Å². The lowest BCUT2D eigenvalue weighted by atomic mass is 9.75. The fourth-order valence-corrected chi connectivity index (χ4v) is 4.95. The van der Waals surface area contributed by atoms with Crippen LogP contribution in [0.5, 0.6) is 0 Å². The van der Waals surface area contributed by atoms with Gasteiger partial charge in [0.15, 0.2) is 0 Å². The van der Waals surface area contributed by atoms with Gasteiger partial charge in [-0.2, -0.15) is 0 Å². The van der Waals surface area contributed by atoms with E-state index in [1.165, 1.54) is 0 Å². The van der Waals surface area contributed by atoms with Crippen LogP contribution in [0.4, 0.5) is 0 Å². The van der Waals surface area contributed by atoms with Crippen LogP contribution in [0.3, 0.4) is 0 Å². The number of rotatable bonds is 9. The van der Waals surface area contributed by atoms with E-state index < -0.39 is 28.9 Å². The molecular weight excluding hydrogens is 414 g/mol. The Hall–Kier alpha value is -2.12. The van der Waals surface area contributed by atoms with Crippen LogP contribution in [-0.2, 0) is 28.7 Å². The summed E-state index contributed by atoms with van der Waals surface area (Å²) in [5.41, 5.74) is -1.48. The van der Waals surface area contributed by atoms with E-state index in [-0.39, 0.29) is 36.7 Å². The molecule has 2 aliphatic carbocycles. The molecule has 182 valence electrons. The zero-order valence-electron chi connectivity index (χ0n) is 19.9. The predicted molar refractivity (Wildman–Crippen MR) is 118 cm³/mol. The number of hydrogen-bond donors (Lipinski definition) is 2. The lowest BCUT2D eigenvalue weighted by Gasteiger charge is -2.35. The van der Waals surface area contributed by atoms with Gasteiger partial charge in [-0.3, -0.25) is 19.2 Å². The molecular formula is C24H39NO7. The molecule has 0 aromatic carbocycles. The molecule has 0 bridgehead atoms. The van der Waals surface area contributed by atoms with Crippen molar-refractivity contribution in [3.05, 3.63) is 0 Å². The van der Waals surface area contributed by atoms with Crippen LogP contribution in [0.15, 0.2) is 0 Å². The van der Waals surface area contributed by atoms with Crippen LogP contribution < -0.4 is 5.32 Å². The van der Waals surface area contributed by atoms with Gasteiger partial charge in [0.1, 0.15) is 5.60 Å². The van der Waals surface area contributed by atoms with Crippen LogP contribution in [0.1, 0.15) is 91.9 Å². The minimum Gasteiger partial charge on any atom is -0.481 e. The van der Waals surface area contributed by atoms with Gasteiger partial charge in [0.2, 0.25) is 5.91 Å². The molecule has 1 unspecified atom stereocenters. The minimum atomic E-state index is -1.08. The van der Waals surface area contributed by atoms with Crippen LogP contribution in [0.25, 0.3) is 0 Å². The van der Waals surface area contributed by atoms with Crippen molar-refractivity contribution < 1.29 is 33.8 Å². The number of ether oxygens (including phenoxy) is 2. The third-order valence-electron chi connectivity index (χ3n) is 6.52. The molecule has 0 spiro atoms. The Bertz CT molecular complexity index is 683. The zero-order valence-corrected chi connectivity index (χ0v) is 19.9. The molecule has 0 heterocycles. The summed E-state index contributed by atoms with van der Waals surface area (Å²) in [5, 5.41) is 12.5. The Morgan fingerprint density at radius 1 is 1.06 bits per heavy atom. The molecule has 0 saturated heterocycles. The molecule has 0 aliphatic heterocycles. The summed E-state index contributed by atoms with van der Waals surface area (Å²) in [7, 11) is 0. The van der Waals surface area contributed by atoms with E-state index >= 15 is 0 Å². The molecule has 0 radical (unpaired) electrons. The summed E-state index contributed by atoms with van der Waals surface area (Å²) in [6.07, 6.45) is 5.60. The number of carbonyl (C=O) groups is 4. The first-order valence-corrected chi connectivity index (χ1v) is 11.9. The second-order valence-corrected chi connectivity index (χ2v) is 10.3. The standard InChI is InChI=1S/C24H39NO7/c1-5-31-20(28)16-8-10-18(11-9-16)25-22(30)24(12-6-7-13-24)15-17(14-19(26)27)21(29)32-23(2,3)4/h16-18H,5-15H2,1-4H3,(H,25,30)(H,26,27). The minimum absolute atomic E-state index is 0.0231. The maximum absolute atomic E-state index is 13.4. The average molecular weight is 454 g/mol. The Morgan fingerprint density at radius 2 is 1.66 bits per heavy atom. The molecule has 0 aromatic rings. The lowest BCUT2D eigenvalue weighted by Crippen LogP contribution is -2.47. The van der Waals surface area contributed by atoms with Crippen LogP contribution in [-0.4, -0.2) is 47.2 Å². The topological polar surface area (TPSA) is 119 Å². The van der Waals surface area contributed by atoms with Crippen molar-refractivity contribution in [1.82, 2.24) is 5.32 Å². The monoisotopic (exact) mass is 453 g/mol. The number of nitrogens with one attached hydrogen (secondary N) is 1. The molecule has 2 rings (SSSR count). The molecule has 2 saturated carbocycles.